The maximum Gasteiger partial charge on any atom is 0.220 e. The second-order valence-electron chi connectivity index (χ2n) is 5.67. The zero-order valence-electron chi connectivity index (χ0n) is 13.1. The fourth-order valence-electron chi connectivity index (χ4n) is 2.51. The van der Waals surface area contributed by atoms with Crippen LogP contribution in [0.4, 0.5) is 0 Å². The maximum absolute atomic E-state index is 11.9. The summed E-state index contributed by atoms with van der Waals surface area (Å²) in [5.41, 5.74) is 0. The third kappa shape index (κ3) is 6.76. The molecule has 2 atom stereocenters. The average Bonchev–Trinajstić information content (AvgIpc) is 2.48. The van der Waals surface area contributed by atoms with Crippen LogP contribution in [-0.2, 0) is 4.79 Å². The van der Waals surface area contributed by atoms with Gasteiger partial charge >= 0.3 is 0 Å². The van der Waals surface area contributed by atoms with Crippen molar-refractivity contribution in [3.63, 3.8) is 0 Å². The molecule has 1 fully saturated rings. The number of benzene rings is 1. The molecule has 0 spiro atoms. The molecule has 0 saturated carbocycles. The Morgan fingerprint density at radius 3 is 2.91 bits per heavy atom. The van der Waals surface area contributed by atoms with Crippen molar-refractivity contribution in [2.45, 2.75) is 32.2 Å². The van der Waals surface area contributed by atoms with Crippen molar-refractivity contribution in [1.82, 2.24) is 10.6 Å². The zero-order valence-corrected chi connectivity index (χ0v) is 15.4. The Kier molecular flexibility index (Phi) is 9.07. The molecule has 1 aliphatic heterocycles. The summed E-state index contributed by atoms with van der Waals surface area (Å²) in [5, 5.41) is 7.50. The first-order valence-electron chi connectivity index (χ1n) is 7.64. The monoisotopic (exact) mass is 380 g/mol. The number of nitrogens with one attached hydrogen (secondary N) is 2. The van der Waals surface area contributed by atoms with Gasteiger partial charge in [-0.15, -0.1) is 12.4 Å². The lowest BCUT2D eigenvalue weighted by molar-refractivity contribution is -0.122. The second kappa shape index (κ2) is 10.2. The minimum absolute atomic E-state index is 0. The quantitative estimate of drug-likeness (QED) is 0.739. The zero-order chi connectivity index (χ0) is 15.9. The molecule has 1 saturated heterocycles. The number of carbonyl (C=O) groups is 1. The first-order chi connectivity index (χ1) is 10.6. The van der Waals surface area contributed by atoms with Crippen molar-refractivity contribution in [3.05, 3.63) is 28.2 Å². The van der Waals surface area contributed by atoms with Crippen molar-refractivity contribution in [1.29, 1.82) is 0 Å². The smallest absolute Gasteiger partial charge is 0.220 e. The van der Waals surface area contributed by atoms with E-state index in [4.69, 9.17) is 27.9 Å². The maximum atomic E-state index is 11.9. The summed E-state index contributed by atoms with van der Waals surface area (Å²) in [6.07, 6.45) is 2.11. The van der Waals surface area contributed by atoms with Gasteiger partial charge in [0.1, 0.15) is 5.75 Å². The van der Waals surface area contributed by atoms with Gasteiger partial charge in [0, 0.05) is 17.5 Å². The Morgan fingerprint density at radius 1 is 1.43 bits per heavy atom. The molecule has 0 bridgehead atoms. The Hall–Kier alpha value is -0.680. The molecule has 1 amide bonds. The molecule has 7 heteroatoms. The Balaban J connectivity index is 0.00000264. The Labute approximate surface area is 153 Å². The Bertz CT molecular complexity index is 514. The number of amides is 1. The molecule has 1 aromatic rings. The van der Waals surface area contributed by atoms with Crippen LogP contribution in [0.3, 0.4) is 0 Å². The highest BCUT2D eigenvalue weighted by atomic mass is 35.5. The van der Waals surface area contributed by atoms with E-state index < -0.39 is 0 Å². The summed E-state index contributed by atoms with van der Waals surface area (Å²) < 4.78 is 5.57. The molecule has 2 N–H and O–H groups in total. The molecule has 0 radical (unpaired) electrons. The normalized spacial score (nSPS) is 20.5. The van der Waals surface area contributed by atoms with Gasteiger partial charge in [0.2, 0.25) is 5.91 Å². The number of carbonyl (C=O) groups excluding carboxylic acids is 1. The van der Waals surface area contributed by atoms with E-state index in [1.807, 2.05) is 0 Å². The predicted molar refractivity (Wildman–Crippen MR) is 97.0 cm³/mol. The fourth-order valence-corrected chi connectivity index (χ4v) is 2.98. The number of hydrogen-bond donors (Lipinski definition) is 2. The van der Waals surface area contributed by atoms with E-state index in [1.165, 1.54) is 0 Å². The summed E-state index contributed by atoms with van der Waals surface area (Å²) >= 11 is 11.8. The third-order valence-corrected chi connectivity index (χ3v) is 4.36. The van der Waals surface area contributed by atoms with Gasteiger partial charge in [0.15, 0.2) is 0 Å². The van der Waals surface area contributed by atoms with Crippen LogP contribution >= 0.6 is 35.6 Å². The summed E-state index contributed by atoms with van der Waals surface area (Å²) in [4.78, 5) is 11.9. The molecule has 1 heterocycles. The van der Waals surface area contributed by atoms with Crippen molar-refractivity contribution in [2.24, 2.45) is 5.92 Å². The van der Waals surface area contributed by atoms with Gasteiger partial charge in [-0.05, 0) is 50.0 Å². The van der Waals surface area contributed by atoms with E-state index in [0.717, 1.165) is 19.5 Å². The van der Waals surface area contributed by atoms with Crippen LogP contribution in [0, 0.1) is 5.92 Å². The number of piperidine rings is 1. The number of ether oxygens (including phenoxy) is 1. The molecular formula is C16H23Cl3N2O2. The molecule has 1 aromatic carbocycles. The minimum atomic E-state index is 0. The highest BCUT2D eigenvalue weighted by Crippen LogP contribution is 2.27. The van der Waals surface area contributed by atoms with Crippen LogP contribution in [0.15, 0.2) is 18.2 Å². The molecule has 4 nitrogen and oxygen atoms in total. The van der Waals surface area contributed by atoms with Crippen LogP contribution in [0.2, 0.25) is 10.0 Å². The summed E-state index contributed by atoms with van der Waals surface area (Å²) in [5.74, 6) is 1.16. The van der Waals surface area contributed by atoms with Gasteiger partial charge in [0.05, 0.1) is 11.6 Å². The van der Waals surface area contributed by atoms with Gasteiger partial charge in [-0.25, -0.2) is 0 Å². The van der Waals surface area contributed by atoms with Gasteiger partial charge in [0.25, 0.3) is 0 Å². The molecule has 23 heavy (non-hydrogen) atoms. The highest BCUT2D eigenvalue weighted by molar-refractivity contribution is 6.35. The first-order valence-corrected chi connectivity index (χ1v) is 8.40. The van der Waals surface area contributed by atoms with Crippen molar-refractivity contribution in [3.8, 4) is 5.75 Å². The lowest BCUT2D eigenvalue weighted by Gasteiger charge is -2.30. The molecule has 0 aliphatic carbocycles. The van der Waals surface area contributed by atoms with E-state index in [0.29, 0.717) is 41.2 Å². The van der Waals surface area contributed by atoms with Gasteiger partial charge < -0.3 is 15.4 Å². The van der Waals surface area contributed by atoms with E-state index in [9.17, 15) is 4.79 Å². The van der Waals surface area contributed by atoms with Crippen LogP contribution in [0.5, 0.6) is 5.75 Å². The number of halogens is 3. The summed E-state index contributed by atoms with van der Waals surface area (Å²) in [6.45, 7) is 4.54. The molecular weight excluding hydrogens is 359 g/mol. The third-order valence-electron chi connectivity index (χ3n) is 3.83. The van der Waals surface area contributed by atoms with Crippen LogP contribution in [0.1, 0.15) is 26.2 Å². The van der Waals surface area contributed by atoms with Crippen LogP contribution in [-0.4, -0.2) is 31.6 Å². The van der Waals surface area contributed by atoms with Crippen LogP contribution < -0.4 is 15.4 Å². The molecule has 130 valence electrons. The van der Waals surface area contributed by atoms with E-state index in [2.05, 4.69) is 17.6 Å². The summed E-state index contributed by atoms with van der Waals surface area (Å²) in [7, 11) is 0. The topological polar surface area (TPSA) is 50.4 Å². The van der Waals surface area contributed by atoms with Gasteiger partial charge in [-0.2, -0.15) is 0 Å². The van der Waals surface area contributed by atoms with E-state index in [1.54, 1.807) is 18.2 Å². The largest absolute Gasteiger partial charge is 0.492 e. The lowest BCUT2D eigenvalue weighted by atomic mass is 9.95. The SMILES string of the molecule is CC1CNCCC1NC(=O)CCCOc1ccc(Cl)cc1Cl.Cl. The number of hydrogen-bond acceptors (Lipinski definition) is 3. The van der Waals surface area contributed by atoms with E-state index >= 15 is 0 Å². The highest BCUT2D eigenvalue weighted by Gasteiger charge is 2.22. The van der Waals surface area contributed by atoms with Crippen molar-refractivity contribution >= 4 is 41.5 Å². The molecule has 0 aromatic heterocycles. The predicted octanol–water partition coefficient (Wildman–Crippen LogP) is 3.69. The minimum Gasteiger partial charge on any atom is -0.492 e. The first kappa shape index (κ1) is 20.4. The van der Waals surface area contributed by atoms with Crippen LogP contribution in [0.25, 0.3) is 0 Å². The summed E-state index contributed by atoms with van der Waals surface area (Å²) in [6, 6.07) is 5.39. The van der Waals surface area contributed by atoms with Crippen molar-refractivity contribution in [2.75, 3.05) is 19.7 Å². The number of rotatable bonds is 6. The van der Waals surface area contributed by atoms with E-state index in [-0.39, 0.29) is 24.4 Å². The molecule has 1 aliphatic rings. The average molecular weight is 382 g/mol. The Morgan fingerprint density at radius 2 is 2.22 bits per heavy atom. The van der Waals surface area contributed by atoms with Gasteiger partial charge in [-0.1, -0.05) is 30.1 Å². The van der Waals surface area contributed by atoms with Crippen molar-refractivity contribution < 1.29 is 9.53 Å². The molecule has 2 rings (SSSR count). The fraction of sp³-hybridized carbons (Fsp3) is 0.562. The standard InChI is InChI=1S/C16H22Cl2N2O2.ClH/c1-11-10-19-7-6-14(11)20-16(21)3-2-8-22-15-5-4-12(17)9-13(15)18;/h4-5,9,11,14,19H,2-3,6-8,10H2,1H3,(H,20,21);1H. The second-order valence-corrected chi connectivity index (χ2v) is 6.51. The van der Waals surface area contributed by atoms with Gasteiger partial charge in [-0.3, -0.25) is 4.79 Å². The lowest BCUT2D eigenvalue weighted by Crippen LogP contribution is -2.48. The molecule has 2 unspecified atom stereocenters.